The number of morpholine rings is 1. The van der Waals surface area contributed by atoms with Gasteiger partial charge in [-0.3, -0.25) is 4.90 Å². The molecule has 4 rings (SSSR count). The Morgan fingerprint density at radius 2 is 1.58 bits per heavy atom. The molecule has 2 aliphatic heterocycles. The van der Waals surface area contributed by atoms with Crippen LogP contribution in [0.1, 0.15) is 11.1 Å². The topological polar surface area (TPSA) is 44.7 Å². The van der Waals surface area contributed by atoms with E-state index < -0.39 is 0 Å². The van der Waals surface area contributed by atoms with Crippen LogP contribution >= 0.6 is 0 Å². The van der Waals surface area contributed by atoms with Crippen LogP contribution < -0.4 is 9.80 Å². The van der Waals surface area contributed by atoms with E-state index in [-0.39, 0.29) is 0 Å². The third kappa shape index (κ3) is 4.14. The first-order valence-electron chi connectivity index (χ1n) is 9.45. The summed E-state index contributed by atoms with van der Waals surface area (Å²) in [5.74, 6) is 2.05. The van der Waals surface area contributed by atoms with Crippen molar-refractivity contribution in [3.63, 3.8) is 0 Å². The van der Waals surface area contributed by atoms with Gasteiger partial charge in [-0.15, -0.1) is 0 Å². The molecular weight excluding hydrogens is 326 g/mol. The highest BCUT2D eigenvalue weighted by molar-refractivity contribution is 5.50. The summed E-state index contributed by atoms with van der Waals surface area (Å²) in [6, 6.07) is 10.9. The van der Waals surface area contributed by atoms with E-state index in [9.17, 15) is 0 Å². The maximum atomic E-state index is 5.43. The SMILES string of the molecule is Cc1cccc(CN2CCN(c3cc(N4CCOCC4)ncn3)CC2)c1. The summed E-state index contributed by atoms with van der Waals surface area (Å²) < 4.78 is 5.43. The molecule has 6 nitrogen and oxygen atoms in total. The summed E-state index contributed by atoms with van der Waals surface area (Å²) in [5, 5.41) is 0. The number of nitrogens with zero attached hydrogens (tertiary/aromatic N) is 5. The van der Waals surface area contributed by atoms with Crippen molar-refractivity contribution < 1.29 is 4.74 Å². The molecule has 0 unspecified atom stereocenters. The van der Waals surface area contributed by atoms with Gasteiger partial charge in [-0.1, -0.05) is 29.8 Å². The molecule has 26 heavy (non-hydrogen) atoms. The highest BCUT2D eigenvalue weighted by Gasteiger charge is 2.20. The largest absolute Gasteiger partial charge is 0.378 e. The van der Waals surface area contributed by atoms with Crippen molar-refractivity contribution in [2.45, 2.75) is 13.5 Å². The van der Waals surface area contributed by atoms with Gasteiger partial charge >= 0.3 is 0 Å². The van der Waals surface area contributed by atoms with E-state index in [2.05, 4.69) is 61.9 Å². The summed E-state index contributed by atoms with van der Waals surface area (Å²) >= 11 is 0. The maximum absolute atomic E-state index is 5.43. The molecule has 2 aliphatic rings. The van der Waals surface area contributed by atoms with Gasteiger partial charge in [0.1, 0.15) is 18.0 Å². The molecule has 0 atom stereocenters. The third-order valence-electron chi connectivity index (χ3n) is 5.16. The van der Waals surface area contributed by atoms with Crippen LogP contribution in [0.15, 0.2) is 36.7 Å². The van der Waals surface area contributed by atoms with E-state index in [4.69, 9.17) is 4.74 Å². The first kappa shape index (κ1) is 17.2. The molecule has 0 N–H and O–H groups in total. The number of rotatable bonds is 4. The molecule has 6 heteroatoms. The minimum atomic E-state index is 0.775. The Kier molecular flexibility index (Phi) is 5.32. The van der Waals surface area contributed by atoms with E-state index in [1.165, 1.54) is 11.1 Å². The highest BCUT2D eigenvalue weighted by Crippen LogP contribution is 2.20. The van der Waals surface area contributed by atoms with Crippen LogP contribution in [-0.2, 0) is 11.3 Å². The fourth-order valence-electron chi connectivity index (χ4n) is 3.68. The fraction of sp³-hybridized carbons (Fsp3) is 0.500. The average Bonchev–Trinajstić information content (AvgIpc) is 2.69. The smallest absolute Gasteiger partial charge is 0.134 e. The lowest BCUT2D eigenvalue weighted by Gasteiger charge is -2.36. The standard InChI is InChI=1S/C20H27N5O/c1-17-3-2-4-18(13-17)15-23-5-7-24(8-6-23)19-14-20(22-16-21-19)25-9-11-26-12-10-25/h2-4,13-14,16H,5-12,15H2,1H3. The van der Waals surface area contributed by atoms with E-state index in [1.807, 2.05) is 0 Å². The molecule has 0 bridgehead atoms. The normalized spacial score (nSPS) is 19.0. The van der Waals surface area contributed by atoms with E-state index >= 15 is 0 Å². The average molecular weight is 353 g/mol. The van der Waals surface area contributed by atoms with E-state index in [0.29, 0.717) is 0 Å². The molecule has 2 saturated heterocycles. The monoisotopic (exact) mass is 353 g/mol. The Hall–Kier alpha value is -2.18. The van der Waals surface area contributed by atoms with Crippen LogP contribution in [0.25, 0.3) is 0 Å². The van der Waals surface area contributed by atoms with Gasteiger partial charge in [0.05, 0.1) is 13.2 Å². The maximum Gasteiger partial charge on any atom is 0.134 e. The number of aryl methyl sites for hydroxylation is 1. The zero-order valence-electron chi connectivity index (χ0n) is 15.5. The predicted octanol–water partition coefficient (Wildman–Crippen LogP) is 1.94. The molecule has 1 aromatic carbocycles. The van der Waals surface area contributed by atoms with Crippen LogP contribution in [0.2, 0.25) is 0 Å². The molecule has 0 saturated carbocycles. The van der Waals surface area contributed by atoms with Gasteiger partial charge in [-0.25, -0.2) is 9.97 Å². The molecule has 0 radical (unpaired) electrons. The molecule has 0 aliphatic carbocycles. The van der Waals surface area contributed by atoms with Crippen LogP contribution in [0, 0.1) is 6.92 Å². The Balaban J connectivity index is 1.35. The molecule has 0 spiro atoms. The highest BCUT2D eigenvalue weighted by atomic mass is 16.5. The lowest BCUT2D eigenvalue weighted by molar-refractivity contribution is 0.122. The Bertz CT molecular complexity index is 724. The van der Waals surface area contributed by atoms with Crippen LogP contribution in [0.5, 0.6) is 0 Å². The van der Waals surface area contributed by atoms with Crippen molar-refractivity contribution >= 4 is 11.6 Å². The van der Waals surface area contributed by atoms with Crippen LogP contribution in [0.4, 0.5) is 11.6 Å². The number of anilines is 2. The number of hydrogen-bond donors (Lipinski definition) is 0. The van der Waals surface area contributed by atoms with Crippen LogP contribution in [-0.4, -0.2) is 67.4 Å². The molecule has 138 valence electrons. The van der Waals surface area contributed by atoms with Gasteiger partial charge in [0.25, 0.3) is 0 Å². The van der Waals surface area contributed by atoms with Gasteiger partial charge in [0.2, 0.25) is 0 Å². The second-order valence-corrected chi connectivity index (χ2v) is 7.09. The Labute approximate surface area is 155 Å². The van der Waals surface area contributed by atoms with Crippen molar-refractivity contribution in [2.24, 2.45) is 0 Å². The van der Waals surface area contributed by atoms with Gasteiger partial charge in [-0.05, 0) is 12.5 Å². The lowest BCUT2D eigenvalue weighted by atomic mass is 10.1. The van der Waals surface area contributed by atoms with Crippen molar-refractivity contribution in [3.8, 4) is 0 Å². The number of piperazine rings is 1. The number of benzene rings is 1. The van der Waals surface area contributed by atoms with Gasteiger partial charge in [0, 0.05) is 51.9 Å². The summed E-state index contributed by atoms with van der Waals surface area (Å²) in [6.07, 6.45) is 1.69. The summed E-state index contributed by atoms with van der Waals surface area (Å²) in [7, 11) is 0. The summed E-state index contributed by atoms with van der Waals surface area (Å²) in [6.45, 7) is 10.7. The molecule has 3 heterocycles. The number of hydrogen-bond acceptors (Lipinski definition) is 6. The lowest BCUT2D eigenvalue weighted by Crippen LogP contribution is -2.46. The fourth-order valence-corrected chi connectivity index (χ4v) is 3.68. The van der Waals surface area contributed by atoms with Gasteiger partial charge in [-0.2, -0.15) is 0 Å². The van der Waals surface area contributed by atoms with Gasteiger partial charge < -0.3 is 14.5 Å². The first-order valence-corrected chi connectivity index (χ1v) is 9.45. The molecule has 0 amide bonds. The molecular formula is C20H27N5O. The number of aromatic nitrogens is 2. The molecule has 1 aromatic heterocycles. The number of ether oxygens (including phenoxy) is 1. The quantitative estimate of drug-likeness (QED) is 0.837. The zero-order chi connectivity index (χ0) is 17.8. The molecule has 2 aromatic rings. The van der Waals surface area contributed by atoms with Crippen molar-refractivity contribution in [1.82, 2.24) is 14.9 Å². The minimum absolute atomic E-state index is 0.775. The minimum Gasteiger partial charge on any atom is -0.378 e. The summed E-state index contributed by atoms with van der Waals surface area (Å²) in [4.78, 5) is 16.2. The second kappa shape index (κ2) is 8.01. The summed E-state index contributed by atoms with van der Waals surface area (Å²) in [5.41, 5.74) is 2.73. The van der Waals surface area contributed by atoms with Crippen molar-refractivity contribution in [1.29, 1.82) is 0 Å². The predicted molar refractivity (Wildman–Crippen MR) is 104 cm³/mol. The van der Waals surface area contributed by atoms with Crippen LogP contribution in [0.3, 0.4) is 0 Å². The van der Waals surface area contributed by atoms with E-state index in [0.717, 1.165) is 70.7 Å². The van der Waals surface area contributed by atoms with Crippen molar-refractivity contribution in [2.75, 3.05) is 62.3 Å². The Morgan fingerprint density at radius 3 is 2.27 bits per heavy atom. The zero-order valence-corrected chi connectivity index (χ0v) is 15.5. The Morgan fingerprint density at radius 1 is 0.885 bits per heavy atom. The third-order valence-corrected chi connectivity index (χ3v) is 5.16. The second-order valence-electron chi connectivity index (χ2n) is 7.09. The first-order chi connectivity index (χ1) is 12.8. The van der Waals surface area contributed by atoms with E-state index in [1.54, 1.807) is 6.33 Å². The van der Waals surface area contributed by atoms with Crippen molar-refractivity contribution in [3.05, 3.63) is 47.8 Å². The molecule has 2 fully saturated rings. The van der Waals surface area contributed by atoms with Gasteiger partial charge in [0.15, 0.2) is 0 Å².